The van der Waals surface area contributed by atoms with Crippen LogP contribution in [0.1, 0.15) is 49.0 Å². The van der Waals surface area contributed by atoms with Crippen LogP contribution in [0, 0.1) is 0 Å². The van der Waals surface area contributed by atoms with Gasteiger partial charge in [-0.25, -0.2) is 0 Å². The van der Waals surface area contributed by atoms with Gasteiger partial charge in [-0.1, -0.05) is 26.0 Å². The van der Waals surface area contributed by atoms with Crippen LogP contribution in [-0.4, -0.2) is 35.8 Å². The zero-order valence-corrected chi connectivity index (χ0v) is 12.3. The van der Waals surface area contributed by atoms with Gasteiger partial charge in [-0.15, -0.1) is 0 Å². The van der Waals surface area contributed by atoms with Crippen molar-refractivity contribution in [3.05, 3.63) is 35.4 Å². The van der Waals surface area contributed by atoms with Crippen LogP contribution in [0.25, 0.3) is 0 Å². The van der Waals surface area contributed by atoms with E-state index in [4.69, 9.17) is 0 Å². The van der Waals surface area contributed by atoms with E-state index in [9.17, 15) is 9.59 Å². The summed E-state index contributed by atoms with van der Waals surface area (Å²) < 4.78 is 0. The second-order valence-corrected chi connectivity index (χ2v) is 5.70. The van der Waals surface area contributed by atoms with Gasteiger partial charge in [-0.3, -0.25) is 9.59 Å². The number of benzene rings is 1. The Morgan fingerprint density at radius 2 is 1.90 bits per heavy atom. The molecule has 20 heavy (non-hydrogen) atoms. The van der Waals surface area contributed by atoms with Crippen molar-refractivity contribution >= 4 is 11.8 Å². The summed E-state index contributed by atoms with van der Waals surface area (Å²) >= 11 is 0. The topological polar surface area (TPSA) is 49.4 Å². The van der Waals surface area contributed by atoms with E-state index in [-0.39, 0.29) is 17.9 Å². The van der Waals surface area contributed by atoms with Crippen molar-refractivity contribution in [2.24, 2.45) is 0 Å². The molecule has 0 spiro atoms. The van der Waals surface area contributed by atoms with Crippen LogP contribution in [-0.2, 0) is 4.79 Å². The van der Waals surface area contributed by atoms with Gasteiger partial charge in [0.15, 0.2) is 0 Å². The van der Waals surface area contributed by atoms with Crippen molar-refractivity contribution in [3.63, 3.8) is 0 Å². The number of likely N-dealkylation sites (tertiary alicyclic amines) is 1. The van der Waals surface area contributed by atoms with Gasteiger partial charge in [0, 0.05) is 31.6 Å². The molecule has 0 aliphatic carbocycles. The molecule has 0 aromatic heterocycles. The monoisotopic (exact) mass is 274 g/mol. The molecule has 1 heterocycles. The van der Waals surface area contributed by atoms with E-state index < -0.39 is 0 Å². The van der Waals surface area contributed by atoms with Crippen molar-refractivity contribution in [3.8, 4) is 0 Å². The summed E-state index contributed by atoms with van der Waals surface area (Å²) in [6.45, 7) is 7.17. The molecule has 1 N–H and O–H groups in total. The van der Waals surface area contributed by atoms with Crippen LogP contribution in [0.15, 0.2) is 24.3 Å². The number of amides is 2. The predicted octanol–water partition coefficient (Wildman–Crippen LogP) is 2.16. The highest BCUT2D eigenvalue weighted by atomic mass is 16.2. The highest BCUT2D eigenvalue weighted by molar-refractivity contribution is 5.94. The fraction of sp³-hybridized carbons (Fsp3) is 0.500. The molecule has 1 saturated heterocycles. The van der Waals surface area contributed by atoms with Gasteiger partial charge in [0.1, 0.15) is 0 Å². The quantitative estimate of drug-likeness (QED) is 0.918. The molecule has 1 aliphatic rings. The lowest BCUT2D eigenvalue weighted by Gasteiger charge is -2.15. The molecule has 2 amide bonds. The van der Waals surface area contributed by atoms with E-state index in [1.54, 1.807) is 11.8 Å². The van der Waals surface area contributed by atoms with E-state index in [0.29, 0.717) is 18.0 Å². The molecule has 1 aromatic rings. The number of carbonyl (C=O) groups excluding carboxylic acids is 2. The van der Waals surface area contributed by atoms with Crippen LogP contribution in [0.4, 0.5) is 0 Å². The molecule has 1 fully saturated rings. The SMILES string of the molecule is CC(=O)N1CCC(NC(=O)c2ccc(C(C)C)cc2)C1. The van der Waals surface area contributed by atoms with Gasteiger partial charge in [0.2, 0.25) is 5.91 Å². The van der Waals surface area contributed by atoms with Crippen molar-refractivity contribution in [1.82, 2.24) is 10.2 Å². The normalized spacial score (nSPS) is 18.4. The fourth-order valence-electron chi connectivity index (χ4n) is 2.45. The first-order valence-electron chi connectivity index (χ1n) is 7.13. The first kappa shape index (κ1) is 14.6. The molecule has 1 aliphatic heterocycles. The Bertz CT molecular complexity index is 494. The maximum absolute atomic E-state index is 12.1. The lowest BCUT2D eigenvalue weighted by molar-refractivity contribution is -0.127. The van der Waals surface area contributed by atoms with E-state index in [1.165, 1.54) is 5.56 Å². The number of hydrogen-bond acceptors (Lipinski definition) is 2. The van der Waals surface area contributed by atoms with E-state index in [0.717, 1.165) is 13.0 Å². The zero-order chi connectivity index (χ0) is 14.7. The van der Waals surface area contributed by atoms with Crippen molar-refractivity contribution in [1.29, 1.82) is 0 Å². The Hall–Kier alpha value is -1.84. The number of hydrogen-bond donors (Lipinski definition) is 1. The smallest absolute Gasteiger partial charge is 0.251 e. The van der Waals surface area contributed by atoms with Gasteiger partial charge in [-0.05, 0) is 30.0 Å². The maximum Gasteiger partial charge on any atom is 0.251 e. The third-order valence-electron chi connectivity index (χ3n) is 3.81. The third-order valence-corrected chi connectivity index (χ3v) is 3.81. The third kappa shape index (κ3) is 3.38. The summed E-state index contributed by atoms with van der Waals surface area (Å²) in [5, 5.41) is 3.00. The highest BCUT2D eigenvalue weighted by Crippen LogP contribution is 2.15. The van der Waals surface area contributed by atoms with Crippen LogP contribution in [0.3, 0.4) is 0 Å². The lowest BCUT2D eigenvalue weighted by atomic mass is 10.0. The molecular weight excluding hydrogens is 252 g/mol. The van der Waals surface area contributed by atoms with Gasteiger partial charge in [0.25, 0.3) is 5.91 Å². The fourth-order valence-corrected chi connectivity index (χ4v) is 2.45. The summed E-state index contributed by atoms with van der Waals surface area (Å²) in [5.41, 5.74) is 1.90. The van der Waals surface area contributed by atoms with E-state index in [2.05, 4.69) is 19.2 Å². The largest absolute Gasteiger partial charge is 0.347 e. The maximum atomic E-state index is 12.1. The molecule has 1 atom stereocenters. The Morgan fingerprint density at radius 3 is 2.40 bits per heavy atom. The Balaban J connectivity index is 1.94. The molecule has 0 bridgehead atoms. The average molecular weight is 274 g/mol. The Kier molecular flexibility index (Phi) is 4.42. The molecule has 108 valence electrons. The first-order valence-corrected chi connectivity index (χ1v) is 7.13. The first-order chi connectivity index (χ1) is 9.47. The second-order valence-electron chi connectivity index (χ2n) is 5.70. The van der Waals surface area contributed by atoms with Crippen molar-refractivity contribution in [2.75, 3.05) is 13.1 Å². The average Bonchev–Trinajstić information content (AvgIpc) is 2.87. The number of rotatable bonds is 3. The summed E-state index contributed by atoms with van der Waals surface area (Å²) in [4.78, 5) is 25.2. The minimum atomic E-state index is -0.0595. The number of nitrogens with one attached hydrogen (secondary N) is 1. The minimum absolute atomic E-state index is 0.0595. The summed E-state index contributed by atoms with van der Waals surface area (Å²) in [6, 6.07) is 7.79. The molecule has 4 nitrogen and oxygen atoms in total. The standard InChI is InChI=1S/C16H22N2O2/c1-11(2)13-4-6-14(7-5-13)16(20)17-15-8-9-18(10-15)12(3)19/h4-7,11,15H,8-10H2,1-3H3,(H,17,20). The summed E-state index contributed by atoms with van der Waals surface area (Å²) in [5.74, 6) is 0.477. The summed E-state index contributed by atoms with van der Waals surface area (Å²) in [7, 11) is 0. The minimum Gasteiger partial charge on any atom is -0.347 e. The van der Waals surface area contributed by atoms with Gasteiger partial charge < -0.3 is 10.2 Å². The summed E-state index contributed by atoms with van der Waals surface area (Å²) in [6.07, 6.45) is 0.829. The molecule has 1 unspecified atom stereocenters. The van der Waals surface area contributed by atoms with E-state index >= 15 is 0 Å². The van der Waals surface area contributed by atoms with Gasteiger partial charge in [-0.2, -0.15) is 0 Å². The molecule has 1 aromatic carbocycles. The highest BCUT2D eigenvalue weighted by Gasteiger charge is 2.25. The molecular formula is C16H22N2O2. The van der Waals surface area contributed by atoms with Gasteiger partial charge in [0.05, 0.1) is 0 Å². The lowest BCUT2D eigenvalue weighted by Crippen LogP contribution is -2.37. The van der Waals surface area contributed by atoms with E-state index in [1.807, 2.05) is 24.3 Å². The number of nitrogens with zero attached hydrogens (tertiary/aromatic N) is 1. The van der Waals surface area contributed by atoms with Crippen LogP contribution in [0.2, 0.25) is 0 Å². The molecule has 0 radical (unpaired) electrons. The molecule has 4 heteroatoms. The molecule has 0 saturated carbocycles. The second kappa shape index (κ2) is 6.07. The Labute approximate surface area is 120 Å². The molecule has 2 rings (SSSR count). The van der Waals surface area contributed by atoms with Gasteiger partial charge >= 0.3 is 0 Å². The predicted molar refractivity (Wildman–Crippen MR) is 78.7 cm³/mol. The van der Waals surface area contributed by atoms with Crippen LogP contribution < -0.4 is 5.32 Å². The zero-order valence-electron chi connectivity index (χ0n) is 12.3. The Morgan fingerprint density at radius 1 is 1.25 bits per heavy atom. The van der Waals surface area contributed by atoms with Crippen molar-refractivity contribution in [2.45, 2.75) is 39.2 Å². The van der Waals surface area contributed by atoms with Crippen molar-refractivity contribution < 1.29 is 9.59 Å². The number of carbonyl (C=O) groups is 2. The van der Waals surface area contributed by atoms with Crippen LogP contribution >= 0.6 is 0 Å². The van der Waals surface area contributed by atoms with Crippen LogP contribution in [0.5, 0.6) is 0 Å².